The lowest BCUT2D eigenvalue weighted by Gasteiger charge is -2.33. The molecule has 2 aliphatic rings. The second-order valence-corrected chi connectivity index (χ2v) is 6.62. The molecular formula is C19H20N2O4. The van der Waals surface area contributed by atoms with Crippen molar-refractivity contribution in [2.75, 3.05) is 19.7 Å². The minimum atomic E-state index is -0.908. The number of aromatic nitrogens is 1. The van der Waals surface area contributed by atoms with Crippen molar-refractivity contribution in [1.82, 2.24) is 9.88 Å². The van der Waals surface area contributed by atoms with E-state index in [2.05, 4.69) is 0 Å². The molecule has 4 rings (SSSR count). The summed E-state index contributed by atoms with van der Waals surface area (Å²) in [6.45, 7) is 1.17. The van der Waals surface area contributed by atoms with E-state index in [4.69, 9.17) is 14.8 Å². The van der Waals surface area contributed by atoms with Gasteiger partial charge in [0.1, 0.15) is 0 Å². The van der Waals surface area contributed by atoms with Crippen LogP contribution in [0.4, 0.5) is 0 Å². The van der Waals surface area contributed by atoms with Crippen LogP contribution in [-0.2, 0) is 22.4 Å². The summed E-state index contributed by atoms with van der Waals surface area (Å²) in [7, 11) is 0. The Morgan fingerprint density at radius 1 is 1.28 bits per heavy atom. The number of hydrogen-bond donors (Lipinski definition) is 1. The quantitative estimate of drug-likeness (QED) is 0.925. The number of fused-ring (bicyclic) bond motifs is 2. The van der Waals surface area contributed by atoms with Gasteiger partial charge in [0.05, 0.1) is 30.2 Å². The molecule has 0 bridgehead atoms. The first-order valence-corrected chi connectivity index (χ1v) is 8.66. The maximum atomic E-state index is 13.3. The number of carbonyl (C=O) groups is 2. The number of amides is 1. The Hall–Kier alpha value is -2.47. The standard InChI is InChI=1S/C19H20N2O4/c22-17(23)10-12-11-21(8-9-25-12)19(24)18-13-4-1-2-6-15(13)20-16-7-3-5-14(16)18/h1-2,4,6,12H,3,5,7-11H2,(H,22,23). The molecule has 0 radical (unpaired) electrons. The molecule has 1 unspecified atom stereocenters. The monoisotopic (exact) mass is 340 g/mol. The van der Waals surface area contributed by atoms with Crippen molar-refractivity contribution in [3.8, 4) is 0 Å². The van der Waals surface area contributed by atoms with E-state index in [-0.39, 0.29) is 12.3 Å². The number of pyridine rings is 1. The molecule has 2 aromatic rings. The molecule has 6 nitrogen and oxygen atoms in total. The Morgan fingerprint density at radius 3 is 2.96 bits per heavy atom. The second-order valence-electron chi connectivity index (χ2n) is 6.62. The summed E-state index contributed by atoms with van der Waals surface area (Å²) in [6.07, 6.45) is 2.27. The van der Waals surface area contributed by atoms with Crippen LogP contribution < -0.4 is 0 Å². The average Bonchev–Trinajstić information content (AvgIpc) is 3.06. The van der Waals surface area contributed by atoms with Gasteiger partial charge in [0.15, 0.2) is 0 Å². The van der Waals surface area contributed by atoms with Gasteiger partial charge < -0.3 is 14.7 Å². The zero-order valence-corrected chi connectivity index (χ0v) is 13.9. The summed E-state index contributed by atoms with van der Waals surface area (Å²) in [5, 5.41) is 9.87. The number of carboxylic acid groups (broad SMARTS) is 1. The number of hydrogen-bond acceptors (Lipinski definition) is 4. The Morgan fingerprint density at radius 2 is 2.12 bits per heavy atom. The molecule has 1 aliphatic carbocycles. The number of aliphatic carboxylic acids is 1. The van der Waals surface area contributed by atoms with Crippen molar-refractivity contribution in [2.45, 2.75) is 31.8 Å². The van der Waals surface area contributed by atoms with Crippen LogP contribution in [0.15, 0.2) is 24.3 Å². The van der Waals surface area contributed by atoms with Crippen molar-refractivity contribution in [1.29, 1.82) is 0 Å². The Labute approximate surface area is 145 Å². The van der Waals surface area contributed by atoms with Crippen LogP contribution in [0, 0.1) is 0 Å². The topological polar surface area (TPSA) is 79.7 Å². The van der Waals surface area contributed by atoms with E-state index in [1.165, 1.54) is 0 Å². The van der Waals surface area contributed by atoms with Crippen LogP contribution in [0.25, 0.3) is 10.9 Å². The fraction of sp³-hybridized carbons (Fsp3) is 0.421. The zero-order chi connectivity index (χ0) is 17.4. The van der Waals surface area contributed by atoms with Gasteiger partial charge in [0.25, 0.3) is 5.91 Å². The molecule has 1 fully saturated rings. The van der Waals surface area contributed by atoms with Gasteiger partial charge in [-0.25, -0.2) is 0 Å². The van der Waals surface area contributed by atoms with E-state index < -0.39 is 12.1 Å². The van der Waals surface area contributed by atoms with Gasteiger partial charge in [-0.1, -0.05) is 18.2 Å². The highest BCUT2D eigenvalue weighted by Gasteiger charge is 2.30. The van der Waals surface area contributed by atoms with Crippen molar-refractivity contribution in [3.63, 3.8) is 0 Å². The maximum absolute atomic E-state index is 13.3. The molecule has 1 atom stereocenters. The molecular weight excluding hydrogens is 320 g/mol. The number of para-hydroxylation sites is 1. The first-order valence-electron chi connectivity index (χ1n) is 8.66. The lowest BCUT2D eigenvalue weighted by molar-refractivity contribution is -0.141. The molecule has 0 spiro atoms. The molecule has 1 N–H and O–H groups in total. The molecule has 130 valence electrons. The predicted octanol–water partition coefficient (Wildman–Crippen LogP) is 2.04. The van der Waals surface area contributed by atoms with E-state index in [0.29, 0.717) is 19.7 Å². The largest absolute Gasteiger partial charge is 0.481 e. The summed E-state index contributed by atoms with van der Waals surface area (Å²) in [4.78, 5) is 30.7. The third kappa shape index (κ3) is 2.98. The van der Waals surface area contributed by atoms with Crippen molar-refractivity contribution < 1.29 is 19.4 Å². The molecule has 25 heavy (non-hydrogen) atoms. The summed E-state index contributed by atoms with van der Waals surface area (Å²) in [5.74, 6) is -0.940. The Balaban J connectivity index is 1.71. The van der Waals surface area contributed by atoms with E-state index in [1.807, 2.05) is 24.3 Å². The molecule has 1 aromatic carbocycles. The van der Waals surface area contributed by atoms with Crippen molar-refractivity contribution in [2.24, 2.45) is 0 Å². The van der Waals surface area contributed by atoms with Gasteiger partial charge in [-0.05, 0) is 30.9 Å². The summed E-state index contributed by atoms with van der Waals surface area (Å²) >= 11 is 0. The number of nitrogens with zero attached hydrogens (tertiary/aromatic N) is 2. The molecule has 1 saturated heterocycles. The van der Waals surface area contributed by atoms with Crippen molar-refractivity contribution in [3.05, 3.63) is 41.1 Å². The number of carbonyl (C=O) groups excluding carboxylic acids is 1. The SMILES string of the molecule is O=C(O)CC1CN(C(=O)c2c3c(nc4ccccc24)CCC3)CCO1. The average molecular weight is 340 g/mol. The normalized spacial score (nSPS) is 19.8. The van der Waals surface area contributed by atoms with E-state index in [9.17, 15) is 9.59 Å². The number of ether oxygens (including phenoxy) is 1. The fourth-order valence-corrected chi connectivity index (χ4v) is 3.84. The number of morpholine rings is 1. The number of carboxylic acids is 1. The first-order chi connectivity index (χ1) is 12.1. The van der Waals surface area contributed by atoms with E-state index in [0.717, 1.165) is 47.0 Å². The fourth-order valence-electron chi connectivity index (χ4n) is 3.84. The lowest BCUT2D eigenvalue weighted by atomic mass is 9.99. The minimum Gasteiger partial charge on any atom is -0.481 e. The third-order valence-corrected chi connectivity index (χ3v) is 4.96. The molecule has 1 aliphatic heterocycles. The van der Waals surface area contributed by atoms with Gasteiger partial charge in [0, 0.05) is 24.2 Å². The van der Waals surface area contributed by atoms with Crippen LogP contribution in [0.3, 0.4) is 0 Å². The number of benzene rings is 1. The van der Waals surface area contributed by atoms with Crippen LogP contribution >= 0.6 is 0 Å². The van der Waals surface area contributed by atoms with Gasteiger partial charge in [-0.3, -0.25) is 14.6 Å². The first kappa shape index (κ1) is 16.0. The summed E-state index contributed by atoms with van der Waals surface area (Å²) < 4.78 is 5.50. The Bertz CT molecular complexity index is 849. The van der Waals surface area contributed by atoms with Crippen LogP contribution in [-0.4, -0.2) is 52.7 Å². The van der Waals surface area contributed by atoms with Crippen LogP contribution in [0.1, 0.15) is 34.5 Å². The smallest absolute Gasteiger partial charge is 0.306 e. The molecule has 6 heteroatoms. The van der Waals surface area contributed by atoms with Gasteiger partial charge in [0.2, 0.25) is 0 Å². The molecule has 1 aromatic heterocycles. The summed E-state index contributed by atoms with van der Waals surface area (Å²) in [6, 6.07) is 7.75. The second kappa shape index (κ2) is 6.44. The highest BCUT2D eigenvalue weighted by molar-refractivity contribution is 6.07. The predicted molar refractivity (Wildman–Crippen MR) is 91.7 cm³/mol. The molecule has 2 heterocycles. The molecule has 0 saturated carbocycles. The van der Waals surface area contributed by atoms with Gasteiger partial charge in [-0.2, -0.15) is 0 Å². The van der Waals surface area contributed by atoms with Crippen LogP contribution in [0.5, 0.6) is 0 Å². The third-order valence-electron chi connectivity index (χ3n) is 4.96. The minimum absolute atomic E-state index is 0.0320. The Kier molecular flexibility index (Phi) is 4.13. The molecule has 1 amide bonds. The van der Waals surface area contributed by atoms with Crippen LogP contribution in [0.2, 0.25) is 0 Å². The number of rotatable bonds is 3. The maximum Gasteiger partial charge on any atom is 0.306 e. The van der Waals surface area contributed by atoms with Crippen molar-refractivity contribution >= 4 is 22.8 Å². The highest BCUT2D eigenvalue weighted by Crippen LogP contribution is 2.31. The number of aryl methyl sites for hydroxylation is 1. The van der Waals surface area contributed by atoms with E-state index >= 15 is 0 Å². The van der Waals surface area contributed by atoms with Gasteiger partial charge >= 0.3 is 5.97 Å². The highest BCUT2D eigenvalue weighted by atomic mass is 16.5. The zero-order valence-electron chi connectivity index (χ0n) is 13.9. The summed E-state index contributed by atoms with van der Waals surface area (Å²) in [5.41, 5.74) is 3.68. The van der Waals surface area contributed by atoms with E-state index in [1.54, 1.807) is 4.90 Å². The van der Waals surface area contributed by atoms with Gasteiger partial charge in [-0.15, -0.1) is 0 Å². The lowest BCUT2D eigenvalue weighted by Crippen LogP contribution is -2.46.